The summed E-state index contributed by atoms with van der Waals surface area (Å²) in [6.07, 6.45) is 1.40. The van der Waals surface area contributed by atoms with E-state index in [1.165, 1.54) is 0 Å². The van der Waals surface area contributed by atoms with E-state index in [4.69, 9.17) is 9.47 Å². The minimum Gasteiger partial charge on any atom is -0.465 e. The number of rotatable bonds is 8. The van der Waals surface area contributed by atoms with Gasteiger partial charge in [0.1, 0.15) is 5.54 Å². The van der Waals surface area contributed by atoms with Crippen LogP contribution in [0.3, 0.4) is 0 Å². The van der Waals surface area contributed by atoms with Crippen LogP contribution in [0.5, 0.6) is 0 Å². The Balaban J connectivity index is 2.52. The van der Waals surface area contributed by atoms with E-state index in [0.717, 1.165) is 26.2 Å². The first-order chi connectivity index (χ1) is 9.18. The number of hydrogen-bond donors (Lipinski definition) is 1. The van der Waals surface area contributed by atoms with Crippen LogP contribution < -0.4 is 5.32 Å². The van der Waals surface area contributed by atoms with E-state index >= 15 is 0 Å². The highest BCUT2D eigenvalue weighted by Gasteiger charge is 2.40. The summed E-state index contributed by atoms with van der Waals surface area (Å²) in [6.45, 7) is 11.7. The number of hydrogen-bond acceptors (Lipinski definition) is 5. The molecular formula is C14H28N2O3. The van der Waals surface area contributed by atoms with Crippen molar-refractivity contribution in [2.75, 3.05) is 46.0 Å². The minimum atomic E-state index is -0.540. The zero-order valence-electron chi connectivity index (χ0n) is 12.5. The van der Waals surface area contributed by atoms with Gasteiger partial charge in [-0.1, -0.05) is 13.8 Å². The highest BCUT2D eigenvalue weighted by atomic mass is 16.5. The van der Waals surface area contributed by atoms with Crippen LogP contribution in [0, 0.1) is 0 Å². The molecule has 19 heavy (non-hydrogen) atoms. The molecule has 0 aromatic heterocycles. The molecule has 1 saturated heterocycles. The monoisotopic (exact) mass is 272 g/mol. The largest absolute Gasteiger partial charge is 0.465 e. The zero-order valence-corrected chi connectivity index (χ0v) is 12.5. The fraction of sp³-hybridized carbons (Fsp3) is 0.929. The van der Waals surface area contributed by atoms with E-state index in [-0.39, 0.29) is 5.97 Å². The second-order valence-corrected chi connectivity index (χ2v) is 4.87. The first-order valence-electron chi connectivity index (χ1n) is 7.40. The second-order valence-electron chi connectivity index (χ2n) is 4.87. The van der Waals surface area contributed by atoms with Crippen molar-refractivity contribution in [3.05, 3.63) is 0 Å². The molecule has 0 spiro atoms. The van der Waals surface area contributed by atoms with Gasteiger partial charge in [-0.2, -0.15) is 0 Å². The molecule has 1 N–H and O–H groups in total. The maximum atomic E-state index is 12.2. The molecule has 0 radical (unpaired) electrons. The van der Waals surface area contributed by atoms with Crippen LogP contribution >= 0.6 is 0 Å². The Morgan fingerprint density at radius 1 is 1.26 bits per heavy atom. The summed E-state index contributed by atoms with van der Waals surface area (Å²) >= 11 is 0. The van der Waals surface area contributed by atoms with Gasteiger partial charge in [-0.3, -0.25) is 4.79 Å². The predicted octanol–water partition coefficient (Wildman–Crippen LogP) is 1.03. The lowest BCUT2D eigenvalue weighted by Gasteiger charge is -2.36. The predicted molar refractivity (Wildman–Crippen MR) is 75.2 cm³/mol. The molecule has 5 nitrogen and oxygen atoms in total. The highest BCUT2D eigenvalue weighted by Crippen LogP contribution is 2.22. The molecule has 0 aromatic rings. The lowest BCUT2D eigenvalue weighted by Crippen LogP contribution is -2.57. The molecule has 0 unspecified atom stereocenters. The molecule has 0 bridgehead atoms. The summed E-state index contributed by atoms with van der Waals surface area (Å²) in [5.41, 5.74) is -0.540. The average molecular weight is 272 g/mol. The van der Waals surface area contributed by atoms with Crippen LogP contribution in [-0.2, 0) is 14.3 Å². The molecule has 0 aromatic carbocycles. The smallest absolute Gasteiger partial charge is 0.326 e. The lowest BCUT2D eigenvalue weighted by atomic mass is 9.90. The van der Waals surface area contributed by atoms with E-state index < -0.39 is 5.54 Å². The normalized spacial score (nSPS) is 18.5. The fourth-order valence-electron chi connectivity index (χ4n) is 2.44. The standard InChI is InChI=1S/C14H28N2O3/c1-4-16(5-2)10-9-15-14(13(17)19-6-3)7-11-18-12-8-14/h15H,4-12H2,1-3H3. The van der Waals surface area contributed by atoms with Crippen LogP contribution in [0.25, 0.3) is 0 Å². The quantitative estimate of drug-likeness (QED) is 0.669. The summed E-state index contributed by atoms with van der Waals surface area (Å²) < 4.78 is 10.6. The number of nitrogens with zero attached hydrogens (tertiary/aromatic N) is 1. The number of ether oxygens (including phenoxy) is 2. The first kappa shape index (κ1) is 16.4. The van der Waals surface area contributed by atoms with Gasteiger partial charge in [0.05, 0.1) is 6.61 Å². The van der Waals surface area contributed by atoms with Gasteiger partial charge in [0.2, 0.25) is 0 Å². The SMILES string of the molecule is CCOC(=O)C1(NCCN(CC)CC)CCOCC1. The van der Waals surface area contributed by atoms with Gasteiger partial charge >= 0.3 is 5.97 Å². The third-order valence-electron chi connectivity index (χ3n) is 3.80. The Hall–Kier alpha value is -0.650. The maximum absolute atomic E-state index is 12.2. The number of nitrogens with one attached hydrogen (secondary N) is 1. The molecule has 1 fully saturated rings. The highest BCUT2D eigenvalue weighted by molar-refractivity contribution is 5.81. The molecule has 0 atom stereocenters. The maximum Gasteiger partial charge on any atom is 0.326 e. The van der Waals surface area contributed by atoms with Gasteiger partial charge in [0.25, 0.3) is 0 Å². The van der Waals surface area contributed by atoms with E-state index in [2.05, 4.69) is 24.1 Å². The first-order valence-corrected chi connectivity index (χ1v) is 7.40. The van der Waals surface area contributed by atoms with Crippen molar-refractivity contribution >= 4 is 5.97 Å². The third kappa shape index (κ3) is 4.75. The van der Waals surface area contributed by atoms with Crippen LogP contribution in [0.1, 0.15) is 33.6 Å². The zero-order chi connectivity index (χ0) is 14.1. The summed E-state index contributed by atoms with van der Waals surface area (Å²) in [6, 6.07) is 0. The van der Waals surface area contributed by atoms with Gasteiger partial charge in [0, 0.05) is 26.3 Å². The Kier molecular flexibility index (Phi) is 7.34. The molecule has 1 aliphatic rings. The van der Waals surface area contributed by atoms with E-state index in [1.54, 1.807) is 0 Å². The van der Waals surface area contributed by atoms with Crippen molar-refractivity contribution in [3.63, 3.8) is 0 Å². The molecule has 1 aliphatic heterocycles. The summed E-state index contributed by atoms with van der Waals surface area (Å²) in [5.74, 6) is -0.127. The van der Waals surface area contributed by atoms with Crippen molar-refractivity contribution < 1.29 is 14.3 Å². The minimum absolute atomic E-state index is 0.127. The molecule has 0 amide bonds. The van der Waals surface area contributed by atoms with Crippen molar-refractivity contribution in [1.82, 2.24) is 10.2 Å². The average Bonchev–Trinajstić information content (AvgIpc) is 2.45. The molecule has 1 heterocycles. The van der Waals surface area contributed by atoms with Crippen molar-refractivity contribution in [2.24, 2.45) is 0 Å². The van der Waals surface area contributed by atoms with Crippen molar-refractivity contribution in [1.29, 1.82) is 0 Å². The van der Waals surface area contributed by atoms with Crippen molar-refractivity contribution in [3.8, 4) is 0 Å². The van der Waals surface area contributed by atoms with E-state index in [0.29, 0.717) is 32.7 Å². The number of carbonyl (C=O) groups excluding carboxylic acids is 1. The molecule has 1 rings (SSSR count). The van der Waals surface area contributed by atoms with Gasteiger partial charge in [0.15, 0.2) is 0 Å². The third-order valence-corrected chi connectivity index (χ3v) is 3.80. The van der Waals surface area contributed by atoms with Gasteiger partial charge in [-0.25, -0.2) is 0 Å². The Morgan fingerprint density at radius 2 is 1.89 bits per heavy atom. The Bertz CT molecular complexity index is 261. The Morgan fingerprint density at radius 3 is 2.42 bits per heavy atom. The summed E-state index contributed by atoms with van der Waals surface area (Å²) in [7, 11) is 0. The van der Waals surface area contributed by atoms with Gasteiger partial charge < -0.3 is 19.7 Å². The van der Waals surface area contributed by atoms with Gasteiger partial charge in [-0.05, 0) is 32.9 Å². The van der Waals surface area contributed by atoms with Crippen LogP contribution in [0.4, 0.5) is 0 Å². The molecular weight excluding hydrogens is 244 g/mol. The van der Waals surface area contributed by atoms with Crippen LogP contribution in [0.15, 0.2) is 0 Å². The lowest BCUT2D eigenvalue weighted by molar-refractivity contribution is -0.155. The molecule has 112 valence electrons. The molecule has 5 heteroatoms. The second kappa shape index (κ2) is 8.51. The van der Waals surface area contributed by atoms with E-state index in [9.17, 15) is 4.79 Å². The number of esters is 1. The number of likely N-dealkylation sites (N-methyl/N-ethyl adjacent to an activating group) is 1. The summed E-state index contributed by atoms with van der Waals surface area (Å²) in [5, 5.41) is 3.42. The fourth-order valence-corrected chi connectivity index (χ4v) is 2.44. The molecule has 0 aliphatic carbocycles. The van der Waals surface area contributed by atoms with E-state index in [1.807, 2.05) is 6.92 Å². The number of carbonyl (C=O) groups is 1. The van der Waals surface area contributed by atoms with Crippen LogP contribution in [0.2, 0.25) is 0 Å². The Labute approximate surface area is 116 Å². The van der Waals surface area contributed by atoms with Crippen molar-refractivity contribution in [2.45, 2.75) is 39.2 Å². The van der Waals surface area contributed by atoms with Crippen LogP contribution in [-0.4, -0.2) is 62.4 Å². The summed E-state index contributed by atoms with van der Waals surface area (Å²) in [4.78, 5) is 14.5. The molecule has 0 saturated carbocycles. The van der Waals surface area contributed by atoms with Gasteiger partial charge in [-0.15, -0.1) is 0 Å². The topological polar surface area (TPSA) is 50.8 Å².